The normalized spacial score (nSPS) is 11.3. The van der Waals surface area contributed by atoms with Crippen LogP contribution in [0, 0.1) is 0 Å². The van der Waals surface area contributed by atoms with Crippen molar-refractivity contribution in [1.29, 1.82) is 0 Å². The summed E-state index contributed by atoms with van der Waals surface area (Å²) in [5.74, 6) is 0. The van der Waals surface area contributed by atoms with Crippen LogP contribution >= 0.6 is 0 Å². The summed E-state index contributed by atoms with van der Waals surface area (Å²) in [6.45, 7) is 2.23. The number of aromatic amines is 1. The summed E-state index contributed by atoms with van der Waals surface area (Å²) in [5, 5.41) is 3.94. The molecule has 1 N–H and O–H groups in total. The molecule has 0 saturated carbocycles. The molecule has 0 saturated heterocycles. The maximum Gasteiger partial charge on any atom is 0.0457 e. The molecule has 4 rings (SSSR count). The zero-order valence-corrected chi connectivity index (χ0v) is 12.8. The van der Waals surface area contributed by atoms with Gasteiger partial charge < -0.3 is 4.98 Å². The van der Waals surface area contributed by atoms with Gasteiger partial charge in [-0.15, -0.1) is 0 Å². The van der Waals surface area contributed by atoms with Gasteiger partial charge in [-0.1, -0.05) is 55.8 Å². The van der Waals surface area contributed by atoms with Gasteiger partial charge in [0.2, 0.25) is 0 Å². The number of hydrogen-bond donors (Lipinski definition) is 1. The maximum atomic E-state index is 3.38. The Balaban J connectivity index is 1.86. The van der Waals surface area contributed by atoms with E-state index in [0.717, 1.165) is 6.42 Å². The molecule has 1 heterocycles. The van der Waals surface area contributed by atoms with Crippen LogP contribution in [-0.2, 0) is 6.42 Å². The van der Waals surface area contributed by atoms with Crippen molar-refractivity contribution < 1.29 is 0 Å². The number of fused-ring (bicyclic) bond motifs is 2. The first kappa shape index (κ1) is 13.1. The lowest BCUT2D eigenvalue weighted by atomic mass is 9.99. The van der Waals surface area contributed by atoms with E-state index in [1.807, 2.05) is 0 Å². The number of H-pyrrole nitrogens is 1. The van der Waals surface area contributed by atoms with Crippen LogP contribution in [0.25, 0.3) is 32.8 Å². The second-order valence-corrected chi connectivity index (χ2v) is 5.89. The third-order valence-corrected chi connectivity index (χ3v) is 4.37. The number of rotatable bonds is 3. The second-order valence-electron chi connectivity index (χ2n) is 5.89. The van der Waals surface area contributed by atoms with Crippen LogP contribution in [0.15, 0.2) is 66.9 Å². The zero-order chi connectivity index (χ0) is 14.9. The Hall–Kier alpha value is -2.54. The fourth-order valence-corrected chi connectivity index (χ4v) is 3.20. The Kier molecular flexibility index (Phi) is 3.19. The van der Waals surface area contributed by atoms with E-state index in [4.69, 9.17) is 0 Å². The van der Waals surface area contributed by atoms with Gasteiger partial charge in [0, 0.05) is 17.1 Å². The van der Waals surface area contributed by atoms with E-state index in [-0.39, 0.29) is 0 Å². The van der Waals surface area contributed by atoms with Crippen molar-refractivity contribution in [1.82, 2.24) is 4.98 Å². The molecule has 1 nitrogen and oxygen atoms in total. The van der Waals surface area contributed by atoms with Gasteiger partial charge in [0.05, 0.1) is 0 Å². The van der Waals surface area contributed by atoms with Crippen molar-refractivity contribution in [2.45, 2.75) is 19.8 Å². The van der Waals surface area contributed by atoms with Crippen molar-refractivity contribution in [3.05, 3.63) is 72.4 Å². The van der Waals surface area contributed by atoms with Gasteiger partial charge in [0.1, 0.15) is 0 Å². The summed E-state index contributed by atoms with van der Waals surface area (Å²) >= 11 is 0. The van der Waals surface area contributed by atoms with Gasteiger partial charge >= 0.3 is 0 Å². The van der Waals surface area contributed by atoms with E-state index in [9.17, 15) is 0 Å². The molecule has 0 spiro atoms. The molecule has 0 amide bonds. The molecule has 1 aromatic heterocycles. The molecule has 1 heteroatoms. The zero-order valence-electron chi connectivity index (χ0n) is 12.8. The summed E-state index contributed by atoms with van der Waals surface area (Å²) in [6, 6.07) is 21.9. The third kappa shape index (κ3) is 2.19. The molecule has 108 valence electrons. The molecule has 0 aliphatic heterocycles. The minimum atomic E-state index is 1.13. The summed E-state index contributed by atoms with van der Waals surface area (Å²) < 4.78 is 0. The van der Waals surface area contributed by atoms with Crippen molar-refractivity contribution in [2.75, 3.05) is 0 Å². The molecule has 0 bridgehead atoms. The molecule has 0 fully saturated rings. The maximum absolute atomic E-state index is 3.38. The van der Waals surface area contributed by atoms with Crippen LogP contribution in [0.3, 0.4) is 0 Å². The molecule has 22 heavy (non-hydrogen) atoms. The minimum absolute atomic E-state index is 1.13. The minimum Gasteiger partial charge on any atom is -0.361 e. The monoisotopic (exact) mass is 285 g/mol. The number of benzene rings is 3. The third-order valence-electron chi connectivity index (χ3n) is 4.37. The van der Waals surface area contributed by atoms with Gasteiger partial charge in [-0.05, 0) is 52.1 Å². The SMILES string of the molecule is CCCc1c[nH]c2ccc(-c3ccc4ccccc4c3)cc12. The van der Waals surface area contributed by atoms with E-state index < -0.39 is 0 Å². The number of aromatic nitrogens is 1. The van der Waals surface area contributed by atoms with Gasteiger partial charge in [0.25, 0.3) is 0 Å². The molecule has 3 aromatic carbocycles. The lowest BCUT2D eigenvalue weighted by Crippen LogP contribution is -1.82. The highest BCUT2D eigenvalue weighted by Crippen LogP contribution is 2.29. The molecule has 0 radical (unpaired) electrons. The van der Waals surface area contributed by atoms with Crippen molar-refractivity contribution in [3.8, 4) is 11.1 Å². The Morgan fingerprint density at radius 3 is 2.45 bits per heavy atom. The van der Waals surface area contributed by atoms with E-state index in [1.165, 1.54) is 44.8 Å². The lowest BCUT2D eigenvalue weighted by Gasteiger charge is -2.05. The summed E-state index contributed by atoms with van der Waals surface area (Å²) in [5.41, 5.74) is 5.22. The summed E-state index contributed by atoms with van der Waals surface area (Å²) in [7, 11) is 0. The Bertz CT molecular complexity index is 946. The van der Waals surface area contributed by atoms with Crippen molar-refractivity contribution in [3.63, 3.8) is 0 Å². The largest absolute Gasteiger partial charge is 0.361 e. The van der Waals surface area contributed by atoms with Crippen LogP contribution in [0.2, 0.25) is 0 Å². The fourth-order valence-electron chi connectivity index (χ4n) is 3.20. The van der Waals surface area contributed by atoms with Crippen LogP contribution in [0.1, 0.15) is 18.9 Å². The van der Waals surface area contributed by atoms with Crippen LogP contribution in [0.4, 0.5) is 0 Å². The molecular formula is C21H19N. The van der Waals surface area contributed by atoms with E-state index in [2.05, 4.69) is 78.8 Å². The lowest BCUT2D eigenvalue weighted by molar-refractivity contribution is 0.929. The highest BCUT2D eigenvalue weighted by molar-refractivity contribution is 5.91. The molecule has 0 unspecified atom stereocenters. The van der Waals surface area contributed by atoms with Crippen molar-refractivity contribution >= 4 is 21.7 Å². The van der Waals surface area contributed by atoms with Gasteiger partial charge in [-0.2, -0.15) is 0 Å². The highest BCUT2D eigenvalue weighted by Gasteiger charge is 2.06. The Morgan fingerprint density at radius 1 is 0.818 bits per heavy atom. The molecule has 4 aromatic rings. The predicted octanol–water partition coefficient (Wildman–Crippen LogP) is 5.94. The summed E-state index contributed by atoms with van der Waals surface area (Å²) in [6.07, 6.45) is 4.45. The Morgan fingerprint density at radius 2 is 1.59 bits per heavy atom. The second kappa shape index (κ2) is 5.34. The average Bonchev–Trinajstić information content (AvgIpc) is 2.97. The van der Waals surface area contributed by atoms with E-state index in [0.29, 0.717) is 0 Å². The van der Waals surface area contributed by atoms with Gasteiger partial charge in [-0.25, -0.2) is 0 Å². The number of hydrogen-bond acceptors (Lipinski definition) is 0. The number of aryl methyl sites for hydroxylation is 1. The van der Waals surface area contributed by atoms with Crippen LogP contribution < -0.4 is 0 Å². The molecule has 0 atom stereocenters. The quantitative estimate of drug-likeness (QED) is 0.479. The Labute approximate surface area is 130 Å². The predicted molar refractivity (Wildman–Crippen MR) is 95.2 cm³/mol. The summed E-state index contributed by atoms with van der Waals surface area (Å²) in [4.78, 5) is 3.38. The fraction of sp³-hybridized carbons (Fsp3) is 0.143. The topological polar surface area (TPSA) is 15.8 Å². The van der Waals surface area contributed by atoms with Gasteiger partial charge in [0.15, 0.2) is 0 Å². The first-order valence-corrected chi connectivity index (χ1v) is 7.94. The average molecular weight is 285 g/mol. The van der Waals surface area contributed by atoms with E-state index in [1.54, 1.807) is 0 Å². The smallest absolute Gasteiger partial charge is 0.0457 e. The highest BCUT2D eigenvalue weighted by atomic mass is 14.7. The molecule has 0 aliphatic carbocycles. The van der Waals surface area contributed by atoms with Crippen molar-refractivity contribution in [2.24, 2.45) is 0 Å². The van der Waals surface area contributed by atoms with E-state index >= 15 is 0 Å². The number of nitrogens with one attached hydrogen (secondary N) is 1. The molecule has 0 aliphatic rings. The van der Waals surface area contributed by atoms with Crippen LogP contribution in [0.5, 0.6) is 0 Å². The standard InChI is InChI=1S/C21H19N/c1-2-5-19-14-22-21-11-10-18(13-20(19)21)17-9-8-15-6-3-4-7-16(15)12-17/h3-4,6-14,22H,2,5H2,1H3. The first-order valence-electron chi connectivity index (χ1n) is 7.94. The van der Waals surface area contributed by atoms with Gasteiger partial charge in [-0.3, -0.25) is 0 Å². The molecular weight excluding hydrogens is 266 g/mol. The first-order chi connectivity index (χ1) is 10.8. The van der Waals surface area contributed by atoms with Crippen LogP contribution in [-0.4, -0.2) is 4.98 Å².